The van der Waals surface area contributed by atoms with Gasteiger partial charge in [0.2, 0.25) is 0 Å². The van der Waals surface area contributed by atoms with Crippen LogP contribution in [0.2, 0.25) is 0 Å². The minimum Gasteiger partial charge on any atom is -0.505 e. The quantitative estimate of drug-likeness (QED) is 0.630. The molecular weight excluding hydrogens is 164 g/mol. The fraction of sp³-hybridized carbons (Fsp3) is 0.400. The molecule has 0 heterocycles. The average Bonchev–Trinajstić information content (AvgIpc) is 2.13. The molecule has 70 valence electrons. The summed E-state index contributed by atoms with van der Waals surface area (Å²) in [5, 5.41) is 13.3. The van der Waals surface area contributed by atoms with E-state index < -0.39 is 0 Å². The van der Waals surface area contributed by atoms with Gasteiger partial charge in [0.15, 0.2) is 11.4 Å². The zero-order valence-electron chi connectivity index (χ0n) is 8.47. The molecule has 0 atom stereocenters. The van der Waals surface area contributed by atoms with Crippen LogP contribution < -0.4 is 5.53 Å². The third-order valence-electron chi connectivity index (χ3n) is 2.75. The van der Waals surface area contributed by atoms with E-state index in [1.165, 1.54) is 0 Å². The largest absolute Gasteiger partial charge is 0.505 e. The van der Waals surface area contributed by atoms with Crippen LogP contribution in [0, 0.1) is 27.7 Å². The van der Waals surface area contributed by atoms with Gasteiger partial charge in [0, 0.05) is 0 Å². The minimum atomic E-state index is 0.197. The molecule has 0 aliphatic carbocycles. The molecular formula is C10H15N2O+. The SMILES string of the molecule is Cc1c(C)c(C)c(N=[NH2+])c(O)c1C. The van der Waals surface area contributed by atoms with Crippen molar-refractivity contribution in [2.24, 2.45) is 5.11 Å². The van der Waals surface area contributed by atoms with Gasteiger partial charge >= 0.3 is 0 Å². The second-order valence-electron chi connectivity index (χ2n) is 3.33. The molecule has 1 aromatic rings. The lowest BCUT2D eigenvalue weighted by atomic mass is 9.97. The number of hydrogen-bond donors (Lipinski definition) is 2. The number of rotatable bonds is 1. The highest BCUT2D eigenvalue weighted by atomic mass is 16.3. The van der Waals surface area contributed by atoms with Gasteiger partial charge in [-0.25, -0.2) is 0 Å². The van der Waals surface area contributed by atoms with E-state index in [4.69, 9.17) is 5.53 Å². The van der Waals surface area contributed by atoms with Crippen LogP contribution >= 0.6 is 0 Å². The fourth-order valence-electron chi connectivity index (χ4n) is 1.43. The summed E-state index contributed by atoms with van der Waals surface area (Å²) in [6.45, 7) is 7.77. The number of hydrogen-bond acceptors (Lipinski definition) is 2. The first-order chi connectivity index (χ1) is 6.00. The van der Waals surface area contributed by atoms with Gasteiger partial charge in [0.05, 0.1) is 0 Å². The molecule has 0 aromatic heterocycles. The van der Waals surface area contributed by atoms with Gasteiger partial charge in [-0.1, -0.05) is 0 Å². The third kappa shape index (κ3) is 1.30. The van der Waals surface area contributed by atoms with Crippen LogP contribution in [0.25, 0.3) is 0 Å². The Hall–Kier alpha value is -1.38. The monoisotopic (exact) mass is 179 g/mol. The van der Waals surface area contributed by atoms with Gasteiger partial charge in [0.1, 0.15) is 0 Å². The zero-order chi connectivity index (χ0) is 10.2. The molecule has 0 fully saturated rings. The Kier molecular flexibility index (Phi) is 2.36. The van der Waals surface area contributed by atoms with E-state index in [0.29, 0.717) is 5.69 Å². The lowest BCUT2D eigenvalue weighted by molar-refractivity contribution is -0.210. The Morgan fingerprint density at radius 2 is 1.38 bits per heavy atom. The Morgan fingerprint density at radius 3 is 1.85 bits per heavy atom. The van der Waals surface area contributed by atoms with Gasteiger partial charge in [0.25, 0.3) is 0 Å². The second kappa shape index (κ2) is 3.17. The van der Waals surface area contributed by atoms with Crippen LogP contribution in [-0.2, 0) is 0 Å². The highest BCUT2D eigenvalue weighted by Crippen LogP contribution is 2.37. The summed E-state index contributed by atoms with van der Waals surface area (Å²) in [4.78, 5) is 0. The molecule has 0 aliphatic heterocycles. The lowest BCUT2D eigenvalue weighted by Crippen LogP contribution is -2.22. The van der Waals surface area contributed by atoms with Crippen LogP contribution in [0.4, 0.5) is 5.69 Å². The Labute approximate surface area is 77.9 Å². The summed E-state index contributed by atoms with van der Waals surface area (Å²) in [5.41, 5.74) is 9.74. The van der Waals surface area contributed by atoms with Gasteiger partial charge in [-0.2, -0.15) is 5.53 Å². The molecule has 13 heavy (non-hydrogen) atoms. The molecule has 0 unspecified atom stereocenters. The molecule has 0 aliphatic rings. The van der Waals surface area contributed by atoms with E-state index in [2.05, 4.69) is 5.11 Å². The molecule has 1 rings (SSSR count). The van der Waals surface area contributed by atoms with Crippen molar-refractivity contribution in [1.29, 1.82) is 0 Å². The van der Waals surface area contributed by atoms with Gasteiger partial charge in [-0.3, -0.25) is 0 Å². The predicted octanol–water partition coefficient (Wildman–Crippen LogP) is 1.47. The number of nitrogens with zero attached hydrogens (tertiary/aromatic N) is 1. The van der Waals surface area contributed by atoms with Gasteiger partial charge in [-0.05, 0) is 55.1 Å². The first-order valence-corrected chi connectivity index (χ1v) is 4.21. The number of phenols is 1. The summed E-state index contributed by atoms with van der Waals surface area (Å²) in [5.74, 6) is 0.197. The van der Waals surface area contributed by atoms with E-state index in [-0.39, 0.29) is 5.75 Å². The first kappa shape index (κ1) is 9.71. The summed E-state index contributed by atoms with van der Waals surface area (Å²) >= 11 is 0. The molecule has 0 radical (unpaired) electrons. The van der Waals surface area contributed by atoms with Crippen molar-refractivity contribution < 1.29 is 10.6 Å². The molecule has 0 amide bonds. The number of nitrogens with two attached hydrogens (primary N) is 1. The van der Waals surface area contributed by atoms with Crippen molar-refractivity contribution in [3.8, 4) is 5.75 Å². The molecule has 1 aromatic carbocycles. The lowest BCUT2D eigenvalue weighted by Gasteiger charge is -2.11. The minimum absolute atomic E-state index is 0.197. The second-order valence-corrected chi connectivity index (χ2v) is 3.33. The van der Waals surface area contributed by atoms with Crippen molar-refractivity contribution in [1.82, 2.24) is 0 Å². The smallest absolute Gasteiger partial charge is 0.174 e. The van der Waals surface area contributed by atoms with Crippen molar-refractivity contribution >= 4 is 5.69 Å². The maximum Gasteiger partial charge on any atom is 0.174 e. The normalized spacial score (nSPS) is 10.2. The maximum absolute atomic E-state index is 9.71. The van der Waals surface area contributed by atoms with Crippen molar-refractivity contribution in [3.05, 3.63) is 22.3 Å². The number of benzene rings is 1. The Bertz CT molecular complexity index is 341. The van der Waals surface area contributed by atoms with Crippen LogP contribution in [0.3, 0.4) is 0 Å². The summed E-state index contributed by atoms with van der Waals surface area (Å²) in [6, 6.07) is 0. The van der Waals surface area contributed by atoms with Gasteiger partial charge < -0.3 is 5.11 Å². The topological polar surface area (TPSA) is 58.2 Å². The molecule has 0 bridgehead atoms. The number of aromatic hydroxyl groups is 1. The molecule has 3 N–H and O–H groups in total. The van der Waals surface area contributed by atoms with Crippen LogP contribution in [0.15, 0.2) is 5.11 Å². The Balaban J connectivity index is 3.66. The fourth-order valence-corrected chi connectivity index (χ4v) is 1.43. The predicted molar refractivity (Wildman–Crippen MR) is 51.1 cm³/mol. The van der Waals surface area contributed by atoms with Crippen molar-refractivity contribution in [2.75, 3.05) is 0 Å². The molecule has 0 saturated heterocycles. The van der Waals surface area contributed by atoms with Crippen molar-refractivity contribution in [2.45, 2.75) is 27.7 Å². The molecule has 3 heteroatoms. The van der Waals surface area contributed by atoms with E-state index >= 15 is 0 Å². The van der Waals surface area contributed by atoms with Crippen molar-refractivity contribution in [3.63, 3.8) is 0 Å². The Morgan fingerprint density at radius 1 is 0.923 bits per heavy atom. The standard InChI is InChI=1S/C10H14N2O/c1-5-6(2)8(4)10(13)9(12-11)7(5)3/h11,13H,1-4H3/p+1. The van der Waals surface area contributed by atoms with E-state index in [0.717, 1.165) is 22.3 Å². The number of phenolic OH excluding ortho intramolecular Hbond substituents is 1. The van der Waals surface area contributed by atoms with E-state index in [1.54, 1.807) is 0 Å². The maximum atomic E-state index is 9.71. The highest BCUT2D eigenvalue weighted by molar-refractivity contribution is 5.64. The molecule has 0 spiro atoms. The first-order valence-electron chi connectivity index (χ1n) is 4.21. The molecule has 0 saturated carbocycles. The summed E-state index contributed by atoms with van der Waals surface area (Å²) in [6.07, 6.45) is 0. The van der Waals surface area contributed by atoms with Crippen LogP contribution in [-0.4, -0.2) is 5.11 Å². The summed E-state index contributed by atoms with van der Waals surface area (Å²) in [7, 11) is 0. The highest BCUT2D eigenvalue weighted by Gasteiger charge is 2.14. The van der Waals surface area contributed by atoms with E-state index in [1.807, 2.05) is 27.7 Å². The zero-order valence-corrected chi connectivity index (χ0v) is 8.47. The van der Waals surface area contributed by atoms with Gasteiger partial charge in [-0.15, -0.1) is 0 Å². The van der Waals surface area contributed by atoms with E-state index in [9.17, 15) is 5.11 Å². The summed E-state index contributed by atoms with van der Waals surface area (Å²) < 4.78 is 0. The average molecular weight is 179 g/mol. The molecule has 3 nitrogen and oxygen atoms in total. The van der Waals surface area contributed by atoms with Crippen LogP contribution in [0.1, 0.15) is 22.3 Å². The third-order valence-corrected chi connectivity index (χ3v) is 2.75. The van der Waals surface area contributed by atoms with Crippen LogP contribution in [0.5, 0.6) is 5.75 Å².